The molecule has 0 heterocycles. The van der Waals surface area contributed by atoms with Crippen LogP contribution in [-0.4, -0.2) is 14.2 Å². The van der Waals surface area contributed by atoms with Crippen LogP contribution >= 0.6 is 0 Å². The first-order chi connectivity index (χ1) is 10.7. The number of rotatable bonds is 5. The number of hydrogen-bond donors (Lipinski definition) is 0. The molecule has 2 nitrogen and oxygen atoms in total. The second kappa shape index (κ2) is 5.68. The van der Waals surface area contributed by atoms with Crippen LogP contribution in [0.25, 0.3) is 0 Å². The summed E-state index contributed by atoms with van der Waals surface area (Å²) in [5, 5.41) is 0. The molecule has 0 N–H and O–H groups in total. The summed E-state index contributed by atoms with van der Waals surface area (Å²) < 4.78 is 10.6. The molecule has 0 aliphatic heterocycles. The lowest BCUT2D eigenvalue weighted by Gasteiger charge is -2.17. The third-order valence-electron chi connectivity index (χ3n) is 5.45. The van der Waals surface area contributed by atoms with E-state index in [2.05, 4.69) is 62.4 Å². The minimum Gasteiger partial charge on any atom is -0.497 e. The van der Waals surface area contributed by atoms with Gasteiger partial charge in [0, 0.05) is 5.41 Å². The van der Waals surface area contributed by atoms with Crippen LogP contribution in [0.3, 0.4) is 0 Å². The van der Waals surface area contributed by atoms with Gasteiger partial charge in [-0.2, -0.15) is 0 Å². The number of methoxy groups -OCH3 is 2. The lowest BCUT2D eigenvalue weighted by Crippen LogP contribution is -2.09. The van der Waals surface area contributed by atoms with Crippen LogP contribution in [0.2, 0.25) is 0 Å². The SMILES string of the molecule is CC[C@]1(c2ccc(OC)cc2)[C@H](C)[C@H]1c1ccc(OC)cc1. The number of ether oxygens (including phenoxy) is 2. The van der Waals surface area contributed by atoms with Gasteiger partial charge in [0.05, 0.1) is 14.2 Å². The lowest BCUT2D eigenvalue weighted by atomic mass is 9.87. The van der Waals surface area contributed by atoms with Crippen molar-refractivity contribution in [2.75, 3.05) is 14.2 Å². The number of hydrogen-bond acceptors (Lipinski definition) is 2. The van der Waals surface area contributed by atoms with Crippen molar-refractivity contribution in [3.63, 3.8) is 0 Å². The molecule has 2 heteroatoms. The van der Waals surface area contributed by atoms with Crippen molar-refractivity contribution in [3.05, 3.63) is 59.7 Å². The molecule has 0 spiro atoms. The highest BCUT2D eigenvalue weighted by Crippen LogP contribution is 2.67. The molecular weight excluding hydrogens is 272 g/mol. The average Bonchev–Trinajstić information content (AvgIpc) is 3.20. The minimum atomic E-state index is 0.251. The molecule has 3 atom stereocenters. The first kappa shape index (κ1) is 15.0. The fourth-order valence-electron chi connectivity index (χ4n) is 4.12. The van der Waals surface area contributed by atoms with Gasteiger partial charge in [-0.05, 0) is 53.6 Å². The molecule has 2 aromatic rings. The van der Waals surface area contributed by atoms with Crippen LogP contribution in [0.5, 0.6) is 11.5 Å². The van der Waals surface area contributed by atoms with Crippen LogP contribution in [0, 0.1) is 5.92 Å². The molecule has 1 saturated carbocycles. The molecule has 0 bridgehead atoms. The fourth-order valence-corrected chi connectivity index (χ4v) is 4.12. The van der Waals surface area contributed by atoms with Crippen molar-refractivity contribution in [2.24, 2.45) is 5.92 Å². The average molecular weight is 296 g/mol. The maximum absolute atomic E-state index is 5.29. The summed E-state index contributed by atoms with van der Waals surface area (Å²) in [7, 11) is 3.42. The van der Waals surface area contributed by atoms with Gasteiger partial charge in [-0.3, -0.25) is 0 Å². The zero-order valence-electron chi connectivity index (χ0n) is 13.8. The van der Waals surface area contributed by atoms with Gasteiger partial charge in [-0.15, -0.1) is 0 Å². The Morgan fingerprint density at radius 1 is 0.864 bits per heavy atom. The van der Waals surface area contributed by atoms with Crippen LogP contribution in [0.15, 0.2) is 48.5 Å². The standard InChI is InChI=1S/C20H24O2/c1-5-20(16-8-12-18(22-4)13-9-16)14(2)19(20)15-6-10-17(21-3)11-7-15/h6-14,19H,5H2,1-4H3/t14-,19+,20-/m1/s1. The van der Waals surface area contributed by atoms with E-state index in [0.29, 0.717) is 11.8 Å². The quantitative estimate of drug-likeness (QED) is 0.790. The zero-order valence-corrected chi connectivity index (χ0v) is 13.8. The lowest BCUT2D eigenvalue weighted by molar-refractivity contribution is 0.414. The molecular formula is C20H24O2. The largest absolute Gasteiger partial charge is 0.497 e. The molecule has 3 rings (SSSR count). The van der Waals surface area contributed by atoms with Crippen molar-refractivity contribution in [1.82, 2.24) is 0 Å². The van der Waals surface area contributed by atoms with Crippen molar-refractivity contribution in [2.45, 2.75) is 31.6 Å². The summed E-state index contributed by atoms with van der Waals surface area (Å²) in [6, 6.07) is 17.1. The van der Waals surface area contributed by atoms with E-state index >= 15 is 0 Å². The van der Waals surface area contributed by atoms with Gasteiger partial charge in [0.15, 0.2) is 0 Å². The Hall–Kier alpha value is -1.96. The minimum absolute atomic E-state index is 0.251. The molecule has 0 radical (unpaired) electrons. The predicted octanol–water partition coefficient (Wildman–Crippen LogP) is 4.79. The summed E-state index contributed by atoms with van der Waals surface area (Å²) in [6.45, 7) is 4.66. The van der Waals surface area contributed by atoms with E-state index in [1.165, 1.54) is 11.1 Å². The van der Waals surface area contributed by atoms with E-state index in [1.54, 1.807) is 14.2 Å². The summed E-state index contributed by atoms with van der Waals surface area (Å²) in [6.07, 6.45) is 1.15. The van der Waals surface area contributed by atoms with Crippen LogP contribution in [0.1, 0.15) is 37.3 Å². The Bertz CT molecular complexity index is 630. The molecule has 2 aromatic carbocycles. The van der Waals surface area contributed by atoms with Gasteiger partial charge >= 0.3 is 0 Å². The topological polar surface area (TPSA) is 18.5 Å². The molecule has 1 aliphatic carbocycles. The molecule has 22 heavy (non-hydrogen) atoms. The molecule has 116 valence electrons. The van der Waals surface area contributed by atoms with Gasteiger partial charge < -0.3 is 9.47 Å². The van der Waals surface area contributed by atoms with Crippen LogP contribution < -0.4 is 9.47 Å². The number of benzene rings is 2. The molecule has 0 aromatic heterocycles. The second-order valence-electron chi connectivity index (χ2n) is 6.16. The highest BCUT2D eigenvalue weighted by Gasteiger charge is 2.61. The molecule has 1 fully saturated rings. The predicted molar refractivity (Wildman–Crippen MR) is 89.9 cm³/mol. The van der Waals surface area contributed by atoms with Gasteiger partial charge in [0.25, 0.3) is 0 Å². The van der Waals surface area contributed by atoms with Crippen LogP contribution in [-0.2, 0) is 5.41 Å². The summed E-state index contributed by atoms with van der Waals surface area (Å²) in [5.41, 5.74) is 3.08. The normalized spacial score (nSPS) is 26.5. The molecule has 0 saturated heterocycles. The van der Waals surface area contributed by atoms with Crippen molar-refractivity contribution in [1.29, 1.82) is 0 Å². The van der Waals surface area contributed by atoms with Crippen molar-refractivity contribution in [3.8, 4) is 11.5 Å². The van der Waals surface area contributed by atoms with Gasteiger partial charge in [0.1, 0.15) is 11.5 Å². The zero-order chi connectivity index (χ0) is 15.7. The Labute approximate surface area is 133 Å². The van der Waals surface area contributed by atoms with Crippen molar-refractivity contribution >= 4 is 0 Å². The van der Waals surface area contributed by atoms with E-state index in [9.17, 15) is 0 Å². The Kier molecular flexibility index (Phi) is 3.86. The first-order valence-corrected chi connectivity index (χ1v) is 7.95. The maximum atomic E-state index is 5.29. The Balaban J connectivity index is 1.92. The van der Waals surface area contributed by atoms with Gasteiger partial charge in [-0.1, -0.05) is 38.1 Å². The van der Waals surface area contributed by atoms with E-state index < -0.39 is 0 Å². The van der Waals surface area contributed by atoms with Crippen LogP contribution in [0.4, 0.5) is 0 Å². The smallest absolute Gasteiger partial charge is 0.118 e. The fraction of sp³-hybridized carbons (Fsp3) is 0.400. The highest BCUT2D eigenvalue weighted by atomic mass is 16.5. The Morgan fingerprint density at radius 3 is 1.82 bits per heavy atom. The Morgan fingerprint density at radius 2 is 1.36 bits per heavy atom. The summed E-state index contributed by atoms with van der Waals surface area (Å²) in [5.74, 6) is 3.07. The summed E-state index contributed by atoms with van der Waals surface area (Å²) >= 11 is 0. The van der Waals surface area contributed by atoms with Gasteiger partial charge in [-0.25, -0.2) is 0 Å². The van der Waals surface area contributed by atoms with E-state index in [4.69, 9.17) is 9.47 Å². The molecule has 1 aliphatic rings. The van der Waals surface area contributed by atoms with E-state index in [0.717, 1.165) is 17.9 Å². The van der Waals surface area contributed by atoms with Gasteiger partial charge in [0.2, 0.25) is 0 Å². The first-order valence-electron chi connectivity index (χ1n) is 7.95. The monoisotopic (exact) mass is 296 g/mol. The van der Waals surface area contributed by atoms with E-state index in [1.807, 2.05) is 0 Å². The van der Waals surface area contributed by atoms with E-state index in [-0.39, 0.29) is 5.41 Å². The molecule has 0 amide bonds. The second-order valence-corrected chi connectivity index (χ2v) is 6.16. The molecule has 0 unspecified atom stereocenters. The maximum Gasteiger partial charge on any atom is 0.118 e. The summed E-state index contributed by atoms with van der Waals surface area (Å²) in [4.78, 5) is 0. The third-order valence-corrected chi connectivity index (χ3v) is 5.45. The van der Waals surface area contributed by atoms with Crippen molar-refractivity contribution < 1.29 is 9.47 Å². The highest BCUT2D eigenvalue weighted by molar-refractivity contribution is 5.47. The third kappa shape index (κ3) is 2.18.